The quantitative estimate of drug-likeness (QED) is 0.537. The van der Waals surface area contributed by atoms with E-state index in [4.69, 9.17) is 11.6 Å². The Labute approximate surface area is 89.1 Å². The largest absolute Gasteiger partial charge is 0.280 e. The fourth-order valence-corrected chi connectivity index (χ4v) is 1.22. The lowest BCUT2D eigenvalue weighted by Gasteiger charge is -1.97. The highest BCUT2D eigenvalue weighted by atomic mass is 35.5. The number of carbonyl (C=O) groups excluding carboxylic acids is 1. The summed E-state index contributed by atoms with van der Waals surface area (Å²) in [6.45, 7) is 1.89. The lowest BCUT2D eigenvalue weighted by Crippen LogP contribution is -2.03. The molecule has 0 aromatic heterocycles. The van der Waals surface area contributed by atoms with Crippen LogP contribution in [-0.4, -0.2) is 5.24 Å². The van der Waals surface area contributed by atoms with E-state index in [-0.39, 0.29) is 11.2 Å². The Bertz CT molecular complexity index is 359. The monoisotopic (exact) mass is 206 g/mol. The maximum atomic E-state index is 10.9. The van der Waals surface area contributed by atoms with Gasteiger partial charge in [-0.15, -0.1) is 0 Å². The molecular weight excluding hydrogens is 196 g/mol. The fourth-order valence-electron chi connectivity index (χ4n) is 1.01. The van der Waals surface area contributed by atoms with Crippen LogP contribution in [0.3, 0.4) is 0 Å². The van der Waals surface area contributed by atoms with Gasteiger partial charge in [-0.25, -0.2) is 0 Å². The topological polar surface area (TPSA) is 17.1 Å². The van der Waals surface area contributed by atoms with Gasteiger partial charge in [0.1, 0.15) is 0 Å². The van der Waals surface area contributed by atoms with Crippen LogP contribution in [0.15, 0.2) is 30.3 Å². The average Bonchev–Trinajstić information content (AvgIpc) is 2.20. The van der Waals surface area contributed by atoms with Crippen molar-refractivity contribution in [2.75, 3.05) is 0 Å². The first-order valence-corrected chi connectivity index (χ1v) is 4.87. The molecule has 1 unspecified atom stereocenters. The molecule has 0 amide bonds. The summed E-state index contributed by atoms with van der Waals surface area (Å²) in [4.78, 5) is 10.9. The molecule has 0 radical (unpaired) electrons. The van der Waals surface area contributed by atoms with Gasteiger partial charge in [0.2, 0.25) is 5.24 Å². The van der Waals surface area contributed by atoms with Crippen LogP contribution in [0.1, 0.15) is 18.9 Å². The molecule has 72 valence electrons. The standard InChI is InChI=1S/C12H11ClO/c1-2-11(12(13)14)9-8-10-6-4-3-5-7-10/h3-7,11H,2H2,1H3. The Hall–Kier alpha value is -1.26. The zero-order valence-corrected chi connectivity index (χ0v) is 8.71. The van der Waals surface area contributed by atoms with Crippen molar-refractivity contribution in [3.8, 4) is 11.8 Å². The van der Waals surface area contributed by atoms with Crippen molar-refractivity contribution in [2.45, 2.75) is 13.3 Å². The van der Waals surface area contributed by atoms with Gasteiger partial charge in [-0.2, -0.15) is 0 Å². The summed E-state index contributed by atoms with van der Waals surface area (Å²) in [5.41, 5.74) is 0.906. The summed E-state index contributed by atoms with van der Waals surface area (Å²) >= 11 is 5.37. The number of carbonyl (C=O) groups is 1. The molecule has 0 saturated carbocycles. The number of rotatable bonds is 2. The molecule has 0 spiro atoms. The van der Waals surface area contributed by atoms with Gasteiger partial charge in [-0.3, -0.25) is 4.79 Å². The molecule has 0 aliphatic carbocycles. The van der Waals surface area contributed by atoms with E-state index in [1.807, 2.05) is 37.3 Å². The Balaban J connectivity index is 2.76. The zero-order chi connectivity index (χ0) is 10.4. The Kier molecular flexibility index (Phi) is 4.22. The second-order valence-electron chi connectivity index (χ2n) is 2.90. The summed E-state index contributed by atoms with van der Waals surface area (Å²) in [5.74, 6) is 5.43. The third-order valence-electron chi connectivity index (χ3n) is 1.85. The minimum absolute atomic E-state index is 0.350. The van der Waals surface area contributed by atoms with Crippen molar-refractivity contribution in [3.05, 3.63) is 35.9 Å². The second kappa shape index (κ2) is 5.47. The van der Waals surface area contributed by atoms with E-state index in [2.05, 4.69) is 11.8 Å². The van der Waals surface area contributed by atoms with Crippen LogP contribution in [0.4, 0.5) is 0 Å². The van der Waals surface area contributed by atoms with Crippen LogP contribution in [0.2, 0.25) is 0 Å². The molecule has 1 atom stereocenters. The van der Waals surface area contributed by atoms with Crippen LogP contribution >= 0.6 is 11.6 Å². The van der Waals surface area contributed by atoms with E-state index in [1.54, 1.807) is 0 Å². The molecule has 1 nitrogen and oxygen atoms in total. The Morgan fingerprint density at radius 1 is 1.43 bits per heavy atom. The molecule has 1 rings (SSSR count). The lowest BCUT2D eigenvalue weighted by atomic mass is 10.1. The first kappa shape index (κ1) is 10.8. The third kappa shape index (κ3) is 3.24. The summed E-state index contributed by atoms with van der Waals surface area (Å²) in [5, 5.41) is -0.379. The van der Waals surface area contributed by atoms with E-state index in [0.29, 0.717) is 6.42 Å². The van der Waals surface area contributed by atoms with E-state index in [1.165, 1.54) is 0 Å². The molecule has 0 heterocycles. The van der Waals surface area contributed by atoms with Gasteiger partial charge < -0.3 is 0 Å². The predicted molar refractivity (Wildman–Crippen MR) is 58.0 cm³/mol. The SMILES string of the molecule is CCC(C#Cc1ccccc1)C(=O)Cl. The first-order chi connectivity index (χ1) is 6.74. The fraction of sp³-hybridized carbons (Fsp3) is 0.250. The zero-order valence-electron chi connectivity index (χ0n) is 7.96. The van der Waals surface area contributed by atoms with Gasteiger partial charge in [-0.1, -0.05) is 37.0 Å². The van der Waals surface area contributed by atoms with Crippen LogP contribution in [0.25, 0.3) is 0 Å². The first-order valence-electron chi connectivity index (χ1n) is 4.50. The molecule has 0 bridgehead atoms. The van der Waals surface area contributed by atoms with E-state index in [9.17, 15) is 4.79 Å². The van der Waals surface area contributed by atoms with Crippen LogP contribution in [0, 0.1) is 17.8 Å². The third-order valence-corrected chi connectivity index (χ3v) is 2.11. The van der Waals surface area contributed by atoms with Crippen LogP contribution < -0.4 is 0 Å². The number of benzene rings is 1. The predicted octanol–water partition coefficient (Wildman–Crippen LogP) is 2.83. The maximum Gasteiger partial charge on any atom is 0.236 e. The molecule has 0 fully saturated rings. The van der Waals surface area contributed by atoms with Gasteiger partial charge >= 0.3 is 0 Å². The molecule has 0 N–H and O–H groups in total. The molecule has 0 aliphatic heterocycles. The van der Waals surface area contributed by atoms with Gasteiger partial charge in [0.25, 0.3) is 0 Å². The van der Waals surface area contributed by atoms with Crippen molar-refractivity contribution in [1.29, 1.82) is 0 Å². The normalized spacial score (nSPS) is 11.3. The Morgan fingerprint density at radius 2 is 2.07 bits per heavy atom. The summed E-state index contributed by atoms with van der Waals surface area (Å²) in [7, 11) is 0. The number of hydrogen-bond donors (Lipinski definition) is 0. The minimum atomic E-state index is -0.379. The highest BCUT2D eigenvalue weighted by Gasteiger charge is 2.09. The van der Waals surface area contributed by atoms with Gasteiger partial charge in [-0.05, 0) is 30.2 Å². The molecular formula is C12H11ClO. The lowest BCUT2D eigenvalue weighted by molar-refractivity contribution is -0.113. The van der Waals surface area contributed by atoms with Gasteiger partial charge in [0.15, 0.2) is 0 Å². The van der Waals surface area contributed by atoms with Crippen LogP contribution in [-0.2, 0) is 4.79 Å². The van der Waals surface area contributed by atoms with Crippen molar-refractivity contribution in [1.82, 2.24) is 0 Å². The Morgan fingerprint density at radius 3 is 2.57 bits per heavy atom. The second-order valence-corrected chi connectivity index (χ2v) is 3.27. The van der Waals surface area contributed by atoms with Crippen molar-refractivity contribution >= 4 is 16.8 Å². The van der Waals surface area contributed by atoms with E-state index in [0.717, 1.165) is 5.56 Å². The number of halogens is 1. The van der Waals surface area contributed by atoms with Crippen molar-refractivity contribution < 1.29 is 4.79 Å². The summed E-state index contributed by atoms with van der Waals surface area (Å²) < 4.78 is 0. The van der Waals surface area contributed by atoms with E-state index < -0.39 is 0 Å². The van der Waals surface area contributed by atoms with Crippen molar-refractivity contribution in [3.63, 3.8) is 0 Å². The molecule has 1 aromatic carbocycles. The molecule has 0 saturated heterocycles. The molecule has 14 heavy (non-hydrogen) atoms. The highest BCUT2D eigenvalue weighted by molar-refractivity contribution is 6.64. The van der Waals surface area contributed by atoms with Gasteiger partial charge in [0, 0.05) is 5.56 Å². The number of hydrogen-bond acceptors (Lipinski definition) is 1. The highest BCUT2D eigenvalue weighted by Crippen LogP contribution is 2.06. The molecule has 2 heteroatoms. The average molecular weight is 207 g/mol. The summed E-state index contributed by atoms with van der Waals surface area (Å²) in [6.07, 6.45) is 0.655. The summed E-state index contributed by atoms with van der Waals surface area (Å²) in [6, 6.07) is 9.55. The van der Waals surface area contributed by atoms with E-state index >= 15 is 0 Å². The van der Waals surface area contributed by atoms with Gasteiger partial charge in [0.05, 0.1) is 5.92 Å². The molecule has 0 aliphatic rings. The smallest absolute Gasteiger partial charge is 0.236 e. The van der Waals surface area contributed by atoms with Crippen molar-refractivity contribution in [2.24, 2.45) is 5.92 Å². The molecule has 1 aromatic rings. The van der Waals surface area contributed by atoms with Crippen LogP contribution in [0.5, 0.6) is 0 Å². The maximum absolute atomic E-state index is 10.9. The minimum Gasteiger partial charge on any atom is -0.280 e.